The highest BCUT2D eigenvalue weighted by Gasteiger charge is 2.09. The number of amides is 1. The van der Waals surface area contributed by atoms with Gasteiger partial charge in [0.25, 0.3) is 5.91 Å². The topological polar surface area (TPSA) is 66.9 Å². The largest absolute Gasteiger partial charge is 0.354 e. The standard InChI is InChI=1S/C17H22N4O/c1-4-5-8-18-17-19-10-14(11-20-17)16(22)21-15-7-6-12(2)9-13(15)3/h6-7,9-11H,4-5,8H2,1-3H3,(H,21,22)(H,18,19,20). The zero-order chi connectivity index (χ0) is 15.9. The molecule has 1 aromatic heterocycles. The summed E-state index contributed by atoms with van der Waals surface area (Å²) in [6.07, 6.45) is 5.27. The van der Waals surface area contributed by atoms with Crippen LogP contribution in [-0.4, -0.2) is 22.4 Å². The maximum atomic E-state index is 12.2. The second-order valence-corrected chi connectivity index (χ2v) is 5.35. The van der Waals surface area contributed by atoms with Crippen LogP contribution < -0.4 is 10.6 Å². The van der Waals surface area contributed by atoms with Crippen LogP contribution in [0.3, 0.4) is 0 Å². The van der Waals surface area contributed by atoms with Crippen LogP contribution in [0.2, 0.25) is 0 Å². The molecule has 1 amide bonds. The lowest BCUT2D eigenvalue weighted by Gasteiger charge is -2.09. The lowest BCUT2D eigenvalue weighted by molar-refractivity contribution is 0.102. The number of nitrogens with one attached hydrogen (secondary N) is 2. The Morgan fingerprint density at radius 1 is 1.18 bits per heavy atom. The molecule has 5 nitrogen and oxygen atoms in total. The number of nitrogens with zero attached hydrogens (tertiary/aromatic N) is 2. The fourth-order valence-corrected chi connectivity index (χ4v) is 2.06. The molecule has 116 valence electrons. The van der Waals surface area contributed by atoms with Crippen molar-refractivity contribution in [1.82, 2.24) is 9.97 Å². The number of aryl methyl sites for hydroxylation is 2. The maximum Gasteiger partial charge on any atom is 0.258 e. The van der Waals surface area contributed by atoms with Gasteiger partial charge in [-0.1, -0.05) is 31.0 Å². The van der Waals surface area contributed by atoms with E-state index in [1.165, 1.54) is 5.56 Å². The first-order valence-corrected chi connectivity index (χ1v) is 7.54. The first kappa shape index (κ1) is 15.9. The van der Waals surface area contributed by atoms with E-state index in [-0.39, 0.29) is 5.91 Å². The zero-order valence-electron chi connectivity index (χ0n) is 13.3. The summed E-state index contributed by atoms with van der Waals surface area (Å²) >= 11 is 0. The Hall–Kier alpha value is -2.43. The van der Waals surface area contributed by atoms with E-state index in [2.05, 4.69) is 27.5 Å². The van der Waals surface area contributed by atoms with Gasteiger partial charge in [-0.2, -0.15) is 0 Å². The summed E-state index contributed by atoms with van der Waals surface area (Å²) in [6.45, 7) is 6.96. The molecule has 0 bridgehead atoms. The Balaban J connectivity index is 2.00. The van der Waals surface area contributed by atoms with Crippen molar-refractivity contribution in [3.63, 3.8) is 0 Å². The predicted molar refractivity (Wildman–Crippen MR) is 89.3 cm³/mol. The summed E-state index contributed by atoms with van der Waals surface area (Å²) < 4.78 is 0. The van der Waals surface area contributed by atoms with Gasteiger partial charge in [0.2, 0.25) is 5.95 Å². The predicted octanol–water partition coefficient (Wildman–Crippen LogP) is 3.56. The molecule has 1 heterocycles. The van der Waals surface area contributed by atoms with Gasteiger partial charge in [-0.15, -0.1) is 0 Å². The lowest BCUT2D eigenvalue weighted by atomic mass is 10.1. The van der Waals surface area contributed by atoms with Crippen molar-refractivity contribution >= 4 is 17.5 Å². The Morgan fingerprint density at radius 2 is 1.91 bits per heavy atom. The Labute approximate surface area is 131 Å². The third kappa shape index (κ3) is 4.28. The summed E-state index contributed by atoms with van der Waals surface area (Å²) in [7, 11) is 0. The van der Waals surface area contributed by atoms with Gasteiger partial charge >= 0.3 is 0 Å². The Morgan fingerprint density at radius 3 is 2.55 bits per heavy atom. The van der Waals surface area contributed by atoms with Crippen LogP contribution in [0.1, 0.15) is 41.3 Å². The number of hydrogen-bond acceptors (Lipinski definition) is 4. The SMILES string of the molecule is CCCCNc1ncc(C(=O)Nc2ccc(C)cc2C)cn1. The highest BCUT2D eigenvalue weighted by Crippen LogP contribution is 2.17. The number of anilines is 2. The van der Waals surface area contributed by atoms with E-state index < -0.39 is 0 Å². The van der Waals surface area contributed by atoms with Gasteiger partial charge in [-0.25, -0.2) is 9.97 Å². The minimum Gasteiger partial charge on any atom is -0.354 e. The molecule has 1 aromatic carbocycles. The first-order valence-electron chi connectivity index (χ1n) is 7.54. The highest BCUT2D eigenvalue weighted by molar-refractivity contribution is 6.04. The van der Waals surface area contributed by atoms with Crippen molar-refractivity contribution in [2.45, 2.75) is 33.6 Å². The van der Waals surface area contributed by atoms with Crippen LogP contribution in [0.4, 0.5) is 11.6 Å². The lowest BCUT2D eigenvalue weighted by Crippen LogP contribution is -2.14. The molecule has 0 aliphatic carbocycles. The summed E-state index contributed by atoms with van der Waals surface area (Å²) in [5, 5.41) is 6.01. The van der Waals surface area contributed by atoms with Gasteiger partial charge in [-0.3, -0.25) is 4.79 Å². The quantitative estimate of drug-likeness (QED) is 0.800. The molecule has 0 radical (unpaired) electrons. The molecule has 0 spiro atoms. The van der Waals surface area contributed by atoms with Gasteiger partial charge < -0.3 is 10.6 Å². The molecule has 2 aromatic rings. The van der Waals surface area contributed by atoms with Gasteiger partial charge in [0.15, 0.2) is 0 Å². The Bertz CT molecular complexity index is 638. The van der Waals surface area contributed by atoms with E-state index in [1.807, 2.05) is 32.0 Å². The minimum absolute atomic E-state index is 0.202. The highest BCUT2D eigenvalue weighted by atomic mass is 16.1. The van der Waals surface area contributed by atoms with Crippen LogP contribution >= 0.6 is 0 Å². The molecule has 0 aliphatic heterocycles. The van der Waals surface area contributed by atoms with Crippen LogP contribution in [0.15, 0.2) is 30.6 Å². The van der Waals surface area contributed by atoms with Gasteiger partial charge in [0.05, 0.1) is 5.56 Å². The second kappa shape index (κ2) is 7.54. The third-order valence-corrected chi connectivity index (χ3v) is 3.36. The molecule has 0 saturated carbocycles. The summed E-state index contributed by atoms with van der Waals surface area (Å²) in [4.78, 5) is 20.5. The average Bonchev–Trinajstić information content (AvgIpc) is 2.51. The fraction of sp³-hybridized carbons (Fsp3) is 0.353. The van der Waals surface area contributed by atoms with E-state index in [9.17, 15) is 4.79 Å². The normalized spacial score (nSPS) is 10.3. The van der Waals surface area contributed by atoms with Crippen molar-refractivity contribution < 1.29 is 4.79 Å². The van der Waals surface area contributed by atoms with E-state index >= 15 is 0 Å². The van der Waals surface area contributed by atoms with Crippen LogP contribution in [0.5, 0.6) is 0 Å². The number of aromatic nitrogens is 2. The van der Waals surface area contributed by atoms with E-state index in [1.54, 1.807) is 12.4 Å². The molecule has 2 rings (SSSR count). The molecule has 22 heavy (non-hydrogen) atoms. The monoisotopic (exact) mass is 298 g/mol. The van der Waals surface area contributed by atoms with E-state index in [4.69, 9.17) is 0 Å². The van der Waals surface area contributed by atoms with E-state index in [0.717, 1.165) is 30.6 Å². The number of benzene rings is 1. The molecular weight excluding hydrogens is 276 g/mol. The van der Waals surface area contributed by atoms with Crippen molar-refractivity contribution in [2.24, 2.45) is 0 Å². The summed E-state index contributed by atoms with van der Waals surface area (Å²) in [5.74, 6) is 0.351. The van der Waals surface area contributed by atoms with E-state index in [0.29, 0.717) is 11.5 Å². The van der Waals surface area contributed by atoms with Crippen LogP contribution in [0, 0.1) is 13.8 Å². The fourth-order valence-electron chi connectivity index (χ4n) is 2.06. The smallest absolute Gasteiger partial charge is 0.258 e. The summed E-state index contributed by atoms with van der Waals surface area (Å²) in [5.41, 5.74) is 3.45. The van der Waals surface area contributed by atoms with Crippen molar-refractivity contribution in [3.8, 4) is 0 Å². The van der Waals surface area contributed by atoms with Crippen molar-refractivity contribution in [3.05, 3.63) is 47.3 Å². The molecule has 2 N–H and O–H groups in total. The van der Waals surface area contributed by atoms with Crippen molar-refractivity contribution in [2.75, 3.05) is 17.2 Å². The summed E-state index contributed by atoms with van der Waals surface area (Å²) in [6, 6.07) is 5.91. The zero-order valence-corrected chi connectivity index (χ0v) is 13.3. The molecule has 0 fully saturated rings. The average molecular weight is 298 g/mol. The first-order chi connectivity index (χ1) is 10.6. The van der Waals surface area contributed by atoms with Crippen LogP contribution in [-0.2, 0) is 0 Å². The molecule has 0 saturated heterocycles. The van der Waals surface area contributed by atoms with Gasteiger partial charge in [0, 0.05) is 24.6 Å². The number of hydrogen-bond donors (Lipinski definition) is 2. The molecular formula is C17H22N4O. The molecule has 5 heteroatoms. The number of carbonyl (C=O) groups excluding carboxylic acids is 1. The van der Waals surface area contributed by atoms with Crippen LogP contribution in [0.25, 0.3) is 0 Å². The molecule has 0 unspecified atom stereocenters. The molecule has 0 aliphatic rings. The Kier molecular flexibility index (Phi) is 5.47. The maximum absolute atomic E-state index is 12.2. The van der Waals surface area contributed by atoms with Gasteiger partial charge in [0.1, 0.15) is 0 Å². The number of unbranched alkanes of at least 4 members (excludes halogenated alkanes) is 1. The third-order valence-electron chi connectivity index (χ3n) is 3.36. The molecule has 0 atom stereocenters. The van der Waals surface area contributed by atoms with Crippen molar-refractivity contribution in [1.29, 1.82) is 0 Å². The second-order valence-electron chi connectivity index (χ2n) is 5.35. The number of carbonyl (C=O) groups is 1. The number of rotatable bonds is 6. The van der Waals surface area contributed by atoms with Gasteiger partial charge in [-0.05, 0) is 31.9 Å². The minimum atomic E-state index is -0.202.